The molecule has 1 amide bonds. The SMILES string of the molecule is CCCCCC/C=C/CCCCCCCC(=O)N[C@@H](COP(=O)([O-])OCC[N+](C)(C)C)[C@H](O)/C=C/CCCCCCCCCCCCC. The van der Waals surface area contributed by atoms with Gasteiger partial charge < -0.3 is 28.8 Å². The van der Waals surface area contributed by atoms with Gasteiger partial charge in [-0.05, 0) is 44.9 Å². The van der Waals surface area contributed by atoms with E-state index in [0.717, 1.165) is 51.4 Å². The Hall–Kier alpha value is -1.02. The number of nitrogens with zero attached hydrogens (tertiary/aromatic N) is 1. The highest BCUT2D eigenvalue weighted by atomic mass is 31.2. The predicted molar refractivity (Wildman–Crippen MR) is 201 cm³/mol. The van der Waals surface area contributed by atoms with Crippen LogP contribution >= 0.6 is 7.82 Å². The number of hydrogen-bond acceptors (Lipinski definition) is 6. The van der Waals surface area contributed by atoms with Gasteiger partial charge in [-0.2, -0.15) is 0 Å². The molecule has 0 saturated carbocycles. The molecule has 3 atom stereocenters. The summed E-state index contributed by atoms with van der Waals surface area (Å²) in [5, 5.41) is 13.7. The molecular formula is C39H77N2O6P. The minimum Gasteiger partial charge on any atom is -0.756 e. The van der Waals surface area contributed by atoms with Crippen molar-refractivity contribution in [2.24, 2.45) is 0 Å². The van der Waals surface area contributed by atoms with Crippen molar-refractivity contribution in [3.05, 3.63) is 24.3 Å². The topological polar surface area (TPSA) is 108 Å². The van der Waals surface area contributed by atoms with Crippen LogP contribution in [0.15, 0.2) is 24.3 Å². The van der Waals surface area contributed by atoms with E-state index in [2.05, 4.69) is 31.3 Å². The van der Waals surface area contributed by atoms with E-state index in [-0.39, 0.29) is 19.1 Å². The number of carbonyl (C=O) groups is 1. The van der Waals surface area contributed by atoms with E-state index in [1.54, 1.807) is 6.08 Å². The van der Waals surface area contributed by atoms with Crippen LogP contribution in [0.1, 0.15) is 168 Å². The fourth-order valence-corrected chi connectivity index (χ4v) is 6.16. The minimum atomic E-state index is -4.58. The third-order valence-corrected chi connectivity index (χ3v) is 9.62. The van der Waals surface area contributed by atoms with Crippen LogP contribution in [0, 0.1) is 0 Å². The number of quaternary nitrogens is 1. The number of phosphoric ester groups is 1. The van der Waals surface area contributed by atoms with Gasteiger partial charge in [-0.1, -0.05) is 141 Å². The summed E-state index contributed by atoms with van der Waals surface area (Å²) in [6.45, 7) is 4.60. The number of carbonyl (C=O) groups excluding carboxylic acids is 1. The standard InChI is InChI=1S/C39H77N2O6P/c1-6-8-10-12-14-16-18-20-22-24-26-28-30-32-38(42)37(36-47-48(44,45)46-35-34-41(3,4)5)40-39(43)33-31-29-27-25-23-21-19-17-15-13-11-9-7-2/h17,19,30,32,37-38,42H,6-16,18,20-29,31,33-36H2,1-5H3,(H-,40,43,44,45)/b19-17+,32-30+/t37-,38+/m0/s1. The summed E-state index contributed by atoms with van der Waals surface area (Å²) in [6.07, 6.45) is 35.0. The van der Waals surface area contributed by atoms with Gasteiger partial charge in [-0.3, -0.25) is 9.36 Å². The lowest BCUT2D eigenvalue weighted by Gasteiger charge is -2.29. The molecule has 48 heavy (non-hydrogen) atoms. The van der Waals surface area contributed by atoms with E-state index in [4.69, 9.17) is 9.05 Å². The second kappa shape index (κ2) is 31.9. The molecule has 1 unspecified atom stereocenters. The van der Waals surface area contributed by atoms with Gasteiger partial charge in [0.15, 0.2) is 0 Å². The molecule has 0 spiro atoms. The van der Waals surface area contributed by atoms with Gasteiger partial charge in [0.1, 0.15) is 13.2 Å². The van der Waals surface area contributed by atoms with Crippen LogP contribution < -0.4 is 10.2 Å². The van der Waals surface area contributed by atoms with Crippen LogP contribution in [0.5, 0.6) is 0 Å². The lowest BCUT2D eigenvalue weighted by atomic mass is 10.0. The molecule has 0 saturated heterocycles. The van der Waals surface area contributed by atoms with Gasteiger partial charge in [0.05, 0.1) is 39.9 Å². The molecule has 0 aliphatic heterocycles. The van der Waals surface area contributed by atoms with Gasteiger partial charge >= 0.3 is 0 Å². The maximum Gasteiger partial charge on any atom is 0.268 e. The summed E-state index contributed by atoms with van der Waals surface area (Å²) < 4.78 is 23.1. The number of phosphoric acid groups is 1. The second-order valence-corrected chi connectivity index (χ2v) is 16.0. The molecular weight excluding hydrogens is 623 g/mol. The first-order chi connectivity index (χ1) is 23.0. The van der Waals surface area contributed by atoms with Crippen LogP contribution in [-0.4, -0.2) is 68.5 Å². The lowest BCUT2D eigenvalue weighted by Crippen LogP contribution is -2.45. The number of hydrogen-bond donors (Lipinski definition) is 2. The Morgan fingerprint density at radius 3 is 1.65 bits per heavy atom. The second-order valence-electron chi connectivity index (χ2n) is 14.6. The lowest BCUT2D eigenvalue weighted by molar-refractivity contribution is -0.870. The molecule has 0 aliphatic carbocycles. The Morgan fingerprint density at radius 1 is 0.708 bits per heavy atom. The summed E-state index contributed by atoms with van der Waals surface area (Å²) in [7, 11) is 1.25. The molecule has 9 heteroatoms. The Morgan fingerprint density at radius 2 is 1.15 bits per heavy atom. The molecule has 0 fully saturated rings. The quantitative estimate of drug-likeness (QED) is 0.0295. The molecule has 0 aromatic carbocycles. The van der Waals surface area contributed by atoms with E-state index < -0.39 is 20.0 Å². The smallest absolute Gasteiger partial charge is 0.268 e. The maximum absolute atomic E-state index is 12.8. The first-order valence-electron chi connectivity index (χ1n) is 19.7. The highest BCUT2D eigenvalue weighted by Crippen LogP contribution is 2.38. The molecule has 0 heterocycles. The van der Waals surface area contributed by atoms with Crippen LogP contribution in [0.25, 0.3) is 0 Å². The van der Waals surface area contributed by atoms with Gasteiger partial charge in [-0.15, -0.1) is 0 Å². The van der Waals surface area contributed by atoms with Crippen molar-refractivity contribution in [1.29, 1.82) is 0 Å². The van der Waals surface area contributed by atoms with Crippen molar-refractivity contribution in [1.82, 2.24) is 5.32 Å². The average molecular weight is 701 g/mol. The monoisotopic (exact) mass is 701 g/mol. The third kappa shape index (κ3) is 33.5. The van der Waals surface area contributed by atoms with Crippen molar-refractivity contribution in [2.75, 3.05) is 40.9 Å². The number of rotatable bonds is 35. The molecule has 0 aromatic rings. The van der Waals surface area contributed by atoms with Crippen molar-refractivity contribution in [3.63, 3.8) is 0 Å². The average Bonchev–Trinajstić information content (AvgIpc) is 3.02. The van der Waals surface area contributed by atoms with Crippen LogP contribution in [0.2, 0.25) is 0 Å². The maximum atomic E-state index is 12.8. The fourth-order valence-electron chi connectivity index (χ4n) is 5.44. The molecule has 8 nitrogen and oxygen atoms in total. The summed E-state index contributed by atoms with van der Waals surface area (Å²) >= 11 is 0. The Balaban J connectivity index is 4.54. The largest absolute Gasteiger partial charge is 0.756 e. The molecule has 2 N–H and O–H groups in total. The summed E-state index contributed by atoms with van der Waals surface area (Å²) in [6, 6.07) is -0.885. The number of nitrogens with one attached hydrogen (secondary N) is 1. The molecule has 0 aromatic heterocycles. The third-order valence-electron chi connectivity index (χ3n) is 8.66. The van der Waals surface area contributed by atoms with Crippen molar-refractivity contribution in [3.8, 4) is 0 Å². The van der Waals surface area contributed by atoms with E-state index in [1.165, 1.54) is 96.3 Å². The molecule has 0 rings (SSSR count). The van der Waals surface area contributed by atoms with Crippen molar-refractivity contribution >= 4 is 13.7 Å². The van der Waals surface area contributed by atoms with Gasteiger partial charge in [0.2, 0.25) is 5.91 Å². The van der Waals surface area contributed by atoms with Gasteiger partial charge in [-0.25, -0.2) is 0 Å². The zero-order valence-corrected chi connectivity index (χ0v) is 32.8. The summed E-state index contributed by atoms with van der Waals surface area (Å²) in [5.74, 6) is -0.209. The Bertz CT molecular complexity index is 845. The zero-order chi connectivity index (χ0) is 35.8. The molecule has 0 bridgehead atoms. The number of amides is 1. The van der Waals surface area contributed by atoms with E-state index in [0.29, 0.717) is 17.4 Å². The Labute approximate surface area is 296 Å². The van der Waals surface area contributed by atoms with E-state index >= 15 is 0 Å². The van der Waals surface area contributed by atoms with Crippen LogP contribution in [-0.2, 0) is 18.4 Å². The van der Waals surface area contributed by atoms with Gasteiger partial charge in [0.25, 0.3) is 7.82 Å². The van der Waals surface area contributed by atoms with Gasteiger partial charge in [0, 0.05) is 6.42 Å². The summed E-state index contributed by atoms with van der Waals surface area (Å²) in [5.41, 5.74) is 0. The zero-order valence-electron chi connectivity index (χ0n) is 31.9. The first kappa shape index (κ1) is 47.0. The molecule has 0 radical (unpaired) electrons. The number of unbranched alkanes of at least 4 members (excludes halogenated alkanes) is 20. The molecule has 0 aliphatic rings. The fraction of sp³-hybridized carbons (Fsp3) is 0.872. The number of likely N-dealkylation sites (N-methyl/N-ethyl adjacent to an activating group) is 1. The first-order valence-corrected chi connectivity index (χ1v) is 21.2. The number of aliphatic hydroxyl groups is 1. The normalized spacial score (nSPS) is 14.9. The highest BCUT2D eigenvalue weighted by Gasteiger charge is 2.23. The van der Waals surface area contributed by atoms with Crippen molar-refractivity contribution < 1.29 is 32.9 Å². The van der Waals surface area contributed by atoms with E-state index in [1.807, 2.05) is 27.2 Å². The number of aliphatic hydroxyl groups excluding tert-OH is 1. The predicted octanol–water partition coefficient (Wildman–Crippen LogP) is 9.55. The van der Waals surface area contributed by atoms with Crippen LogP contribution in [0.3, 0.4) is 0 Å². The summed E-state index contributed by atoms with van der Waals surface area (Å²) in [4.78, 5) is 25.1. The molecule has 284 valence electrons. The number of allylic oxidation sites excluding steroid dienone is 3. The minimum absolute atomic E-state index is 0.00193. The van der Waals surface area contributed by atoms with Crippen molar-refractivity contribution in [2.45, 2.75) is 180 Å². The highest BCUT2D eigenvalue weighted by molar-refractivity contribution is 7.45. The van der Waals surface area contributed by atoms with E-state index in [9.17, 15) is 19.4 Å². The Kier molecular flexibility index (Phi) is 31.2. The van der Waals surface area contributed by atoms with Crippen LogP contribution in [0.4, 0.5) is 0 Å².